The minimum absolute atomic E-state index is 0.534. The molecule has 244 valence electrons. The van der Waals surface area contributed by atoms with Crippen molar-refractivity contribution >= 4 is 0 Å². The third-order valence-electron chi connectivity index (χ3n) is 9.80. The molecule has 2 aromatic carbocycles. The van der Waals surface area contributed by atoms with Crippen LogP contribution in [0, 0.1) is 0 Å². The summed E-state index contributed by atoms with van der Waals surface area (Å²) in [4.78, 5) is 0. The summed E-state index contributed by atoms with van der Waals surface area (Å²) in [5, 5.41) is 0. The molecule has 0 bridgehead atoms. The van der Waals surface area contributed by atoms with Crippen molar-refractivity contribution in [2.75, 3.05) is 0 Å². The molecule has 0 aliphatic carbocycles. The number of hydrogen-bond acceptors (Lipinski definition) is 0. The molecule has 0 saturated carbocycles. The molecule has 3 rings (SSSR count). The number of benzene rings is 2. The fourth-order valence-electron chi connectivity index (χ4n) is 6.97. The van der Waals surface area contributed by atoms with Crippen molar-refractivity contribution in [2.24, 2.45) is 0 Å². The topological polar surface area (TPSA) is 8.81 Å². The first kappa shape index (κ1) is 36.1. The lowest BCUT2D eigenvalue weighted by Crippen LogP contribution is -2.38. The zero-order chi connectivity index (χ0) is 31.1. The SMILES string of the molecule is CCCCCCCCCCCCCC[n+]1ccn(C(C)CCCCCCC)c1CCC(Cc1ccccc1)c1ccccc1. The molecular weight excluding hydrogens is 532 g/mol. The molecule has 2 unspecified atom stereocenters. The first-order valence-electron chi connectivity index (χ1n) is 18.9. The van der Waals surface area contributed by atoms with E-state index in [0.29, 0.717) is 12.0 Å². The van der Waals surface area contributed by atoms with E-state index < -0.39 is 0 Å². The zero-order valence-electron chi connectivity index (χ0n) is 29.0. The van der Waals surface area contributed by atoms with Gasteiger partial charge in [0.25, 0.3) is 5.82 Å². The fraction of sp³-hybridized carbons (Fsp3) is 0.643. The molecule has 0 amide bonds. The molecule has 0 fully saturated rings. The normalized spacial score (nSPS) is 12.9. The van der Waals surface area contributed by atoms with Crippen LogP contribution in [0.15, 0.2) is 73.1 Å². The average molecular weight is 600 g/mol. The predicted octanol–water partition coefficient (Wildman–Crippen LogP) is 12.4. The van der Waals surface area contributed by atoms with Crippen molar-refractivity contribution in [3.63, 3.8) is 0 Å². The average Bonchev–Trinajstić information content (AvgIpc) is 3.46. The molecule has 1 heterocycles. The molecule has 44 heavy (non-hydrogen) atoms. The zero-order valence-corrected chi connectivity index (χ0v) is 29.0. The number of aryl methyl sites for hydroxylation is 1. The highest BCUT2D eigenvalue weighted by Crippen LogP contribution is 2.27. The lowest BCUT2D eigenvalue weighted by molar-refractivity contribution is -0.704. The second kappa shape index (κ2) is 23.1. The largest absolute Gasteiger partial charge is 0.256 e. The molecule has 0 radical (unpaired) electrons. The van der Waals surface area contributed by atoms with Gasteiger partial charge in [-0.05, 0) is 62.5 Å². The van der Waals surface area contributed by atoms with E-state index in [2.05, 4.69) is 103 Å². The van der Waals surface area contributed by atoms with Crippen LogP contribution >= 0.6 is 0 Å². The molecule has 3 aromatic rings. The van der Waals surface area contributed by atoms with E-state index in [1.165, 1.54) is 133 Å². The summed E-state index contributed by atoms with van der Waals surface area (Å²) in [5.74, 6) is 2.08. The van der Waals surface area contributed by atoms with Crippen molar-refractivity contribution in [3.8, 4) is 0 Å². The van der Waals surface area contributed by atoms with Gasteiger partial charge < -0.3 is 0 Å². The standard InChI is InChI=1S/C42H67N2/c1-4-6-8-10-11-12-13-14-15-16-18-26-34-43-35-36-44(38(3)27-21-17-9-7-5-2)42(43)33-32-41(40-30-24-20-25-31-40)37-39-28-22-19-23-29-39/h19-20,22-25,28-31,35-36,38,41H,4-18,21,26-27,32-34,37H2,1-3H3/q+1. The predicted molar refractivity (Wildman–Crippen MR) is 191 cm³/mol. The molecule has 2 nitrogen and oxygen atoms in total. The molecular formula is C42H67N2+. The van der Waals surface area contributed by atoms with Crippen LogP contribution in [-0.2, 0) is 19.4 Å². The highest BCUT2D eigenvalue weighted by atomic mass is 15.2. The van der Waals surface area contributed by atoms with Gasteiger partial charge in [0.05, 0.1) is 12.6 Å². The van der Waals surface area contributed by atoms with Crippen LogP contribution in [0.4, 0.5) is 0 Å². The number of aromatic nitrogens is 2. The Morgan fingerprint density at radius 3 is 1.70 bits per heavy atom. The molecule has 0 aliphatic heterocycles. The van der Waals surface area contributed by atoms with Crippen LogP contribution in [0.5, 0.6) is 0 Å². The van der Waals surface area contributed by atoms with Crippen LogP contribution in [0.3, 0.4) is 0 Å². The van der Waals surface area contributed by atoms with Crippen LogP contribution in [0.1, 0.15) is 172 Å². The lowest BCUT2D eigenvalue weighted by atomic mass is 9.88. The van der Waals surface area contributed by atoms with Crippen molar-refractivity contribution in [1.29, 1.82) is 0 Å². The third kappa shape index (κ3) is 14.2. The Balaban J connectivity index is 1.57. The summed E-state index contributed by atoms with van der Waals surface area (Å²) in [6.45, 7) is 8.23. The van der Waals surface area contributed by atoms with Gasteiger partial charge in [0.2, 0.25) is 0 Å². The Morgan fingerprint density at radius 2 is 1.11 bits per heavy atom. The quantitative estimate of drug-likeness (QED) is 0.0641. The third-order valence-corrected chi connectivity index (χ3v) is 9.80. The van der Waals surface area contributed by atoms with E-state index in [9.17, 15) is 0 Å². The Kier molecular flexibility index (Phi) is 18.9. The minimum atomic E-state index is 0.534. The Morgan fingerprint density at radius 1 is 0.591 bits per heavy atom. The van der Waals surface area contributed by atoms with Gasteiger partial charge in [0.1, 0.15) is 12.4 Å². The number of hydrogen-bond donors (Lipinski definition) is 0. The van der Waals surface area contributed by atoms with Gasteiger partial charge in [-0.15, -0.1) is 0 Å². The fourth-order valence-corrected chi connectivity index (χ4v) is 6.97. The summed E-state index contributed by atoms with van der Waals surface area (Å²) in [6, 6.07) is 22.9. The molecule has 2 heteroatoms. The van der Waals surface area contributed by atoms with Gasteiger partial charge >= 0.3 is 0 Å². The number of nitrogens with zero attached hydrogens (tertiary/aromatic N) is 2. The highest BCUT2D eigenvalue weighted by Gasteiger charge is 2.23. The molecule has 2 atom stereocenters. The van der Waals surface area contributed by atoms with E-state index >= 15 is 0 Å². The van der Waals surface area contributed by atoms with E-state index in [-0.39, 0.29) is 0 Å². The van der Waals surface area contributed by atoms with Crippen LogP contribution in [0.25, 0.3) is 0 Å². The number of imidazole rings is 1. The van der Waals surface area contributed by atoms with Crippen molar-refractivity contribution in [3.05, 3.63) is 90.0 Å². The van der Waals surface area contributed by atoms with E-state index in [0.717, 1.165) is 19.4 Å². The maximum absolute atomic E-state index is 2.64. The van der Waals surface area contributed by atoms with Gasteiger partial charge in [-0.1, -0.05) is 164 Å². The van der Waals surface area contributed by atoms with Crippen LogP contribution in [-0.4, -0.2) is 4.57 Å². The second-order valence-corrected chi connectivity index (χ2v) is 13.6. The Hall–Kier alpha value is -2.35. The van der Waals surface area contributed by atoms with Gasteiger partial charge in [0, 0.05) is 6.42 Å². The van der Waals surface area contributed by atoms with E-state index in [1.807, 2.05) is 0 Å². The maximum Gasteiger partial charge on any atom is 0.256 e. The van der Waals surface area contributed by atoms with Gasteiger partial charge in [0.15, 0.2) is 0 Å². The second-order valence-electron chi connectivity index (χ2n) is 13.6. The molecule has 0 aliphatic rings. The molecule has 0 N–H and O–H groups in total. The van der Waals surface area contributed by atoms with Gasteiger partial charge in [-0.25, -0.2) is 9.13 Å². The Labute approximate surface area is 272 Å². The number of rotatable bonds is 26. The van der Waals surface area contributed by atoms with Crippen molar-refractivity contribution < 1.29 is 4.57 Å². The summed E-state index contributed by atoms with van der Waals surface area (Å²) in [7, 11) is 0. The van der Waals surface area contributed by atoms with Crippen molar-refractivity contribution in [2.45, 2.75) is 174 Å². The summed E-state index contributed by atoms with van der Waals surface area (Å²) >= 11 is 0. The molecule has 0 saturated heterocycles. The van der Waals surface area contributed by atoms with E-state index in [4.69, 9.17) is 0 Å². The Bertz CT molecular complexity index is 1070. The van der Waals surface area contributed by atoms with Crippen molar-refractivity contribution in [1.82, 2.24) is 4.57 Å². The number of unbranched alkanes of at least 4 members (excludes halogenated alkanes) is 15. The maximum atomic E-state index is 2.64. The van der Waals surface area contributed by atoms with Crippen LogP contribution in [0.2, 0.25) is 0 Å². The van der Waals surface area contributed by atoms with Gasteiger partial charge in [-0.3, -0.25) is 0 Å². The first-order valence-corrected chi connectivity index (χ1v) is 18.9. The highest BCUT2D eigenvalue weighted by molar-refractivity contribution is 5.24. The molecule has 1 aromatic heterocycles. The van der Waals surface area contributed by atoms with Gasteiger partial charge in [-0.2, -0.15) is 0 Å². The first-order chi connectivity index (χ1) is 21.7. The smallest absolute Gasteiger partial charge is 0.234 e. The monoisotopic (exact) mass is 600 g/mol. The molecule has 0 spiro atoms. The van der Waals surface area contributed by atoms with Crippen LogP contribution < -0.4 is 4.57 Å². The summed E-state index contributed by atoms with van der Waals surface area (Å²) < 4.78 is 5.26. The summed E-state index contributed by atoms with van der Waals surface area (Å²) in [6.07, 6.45) is 33.2. The summed E-state index contributed by atoms with van der Waals surface area (Å²) in [5.41, 5.74) is 2.92. The minimum Gasteiger partial charge on any atom is -0.234 e. The lowest BCUT2D eigenvalue weighted by Gasteiger charge is -2.18. The van der Waals surface area contributed by atoms with E-state index in [1.54, 1.807) is 5.82 Å².